The van der Waals surface area contributed by atoms with Crippen LogP contribution < -0.4 is 5.32 Å². The molecule has 3 aromatic heterocycles. The van der Waals surface area contributed by atoms with Gasteiger partial charge in [0.05, 0.1) is 55.0 Å². The molecule has 2 fully saturated rings. The summed E-state index contributed by atoms with van der Waals surface area (Å²) in [6.45, 7) is 1.16. The smallest absolute Gasteiger partial charge is 0.407 e. The number of aliphatic imine (C=N–C) groups is 1. The molecular formula is C44H44N8O6S. The van der Waals surface area contributed by atoms with E-state index in [1.807, 2.05) is 78.0 Å². The first-order chi connectivity index (χ1) is 28.9. The van der Waals surface area contributed by atoms with Crippen molar-refractivity contribution in [2.24, 2.45) is 4.99 Å². The molecular weight excluding hydrogens is 769 g/mol. The van der Waals surface area contributed by atoms with E-state index in [1.54, 1.807) is 16.2 Å². The largest absolute Gasteiger partial charge is 0.453 e. The maximum atomic E-state index is 13.9. The lowest BCUT2D eigenvalue weighted by Crippen LogP contribution is -2.42. The number of carbonyl (C=O) groups excluding carboxylic acids is 3. The summed E-state index contributed by atoms with van der Waals surface area (Å²) in [5, 5.41) is 2.72. The van der Waals surface area contributed by atoms with Gasteiger partial charge in [-0.05, 0) is 60.1 Å². The van der Waals surface area contributed by atoms with E-state index in [4.69, 9.17) is 19.6 Å². The zero-order valence-corrected chi connectivity index (χ0v) is 33.4. The Morgan fingerprint density at radius 2 is 1.32 bits per heavy atom. The Hall–Kier alpha value is -6.58. The molecule has 2 aliphatic rings. The lowest BCUT2D eigenvalue weighted by atomic mass is 10.1. The number of nitrogens with one attached hydrogen (secondary N) is 3. The van der Waals surface area contributed by atoms with E-state index >= 15 is 0 Å². The van der Waals surface area contributed by atoms with Crippen LogP contribution in [-0.2, 0) is 24.1 Å². The number of hydrogen-bond donors (Lipinski definition) is 3. The van der Waals surface area contributed by atoms with Crippen LogP contribution in [0.4, 0.5) is 4.79 Å². The van der Waals surface area contributed by atoms with Crippen LogP contribution in [-0.4, -0.2) is 81.4 Å². The van der Waals surface area contributed by atoms with E-state index in [2.05, 4.69) is 61.6 Å². The molecule has 59 heavy (non-hydrogen) atoms. The van der Waals surface area contributed by atoms with Gasteiger partial charge in [-0.3, -0.25) is 9.59 Å². The highest BCUT2D eigenvalue weighted by Gasteiger charge is 2.38. The number of H-pyrrole nitrogens is 2. The van der Waals surface area contributed by atoms with Crippen LogP contribution in [0.2, 0.25) is 0 Å². The monoisotopic (exact) mass is 812 g/mol. The number of hydrogen-bond acceptors (Lipinski definition) is 10. The molecule has 0 bridgehead atoms. The predicted molar refractivity (Wildman–Crippen MR) is 223 cm³/mol. The SMILES string of the molecule is COOC=N[C@@H](C(=O)N1CCC[C@H]1c1ncc(-c2ccc(-c3ccc(-c4cnc([C@@H]5CCCN5C(=O)[C@H](NC(=O)OC)c5ccccc5)[nH]4)s3)cc2)[nH]1)c1ccccc1. The summed E-state index contributed by atoms with van der Waals surface area (Å²) in [5.74, 6) is 1.11. The molecule has 5 heterocycles. The molecule has 14 nitrogen and oxygen atoms in total. The van der Waals surface area contributed by atoms with Crippen LogP contribution in [0.1, 0.15) is 72.6 Å². The van der Waals surface area contributed by atoms with Gasteiger partial charge in [-0.2, -0.15) is 4.89 Å². The first kappa shape index (κ1) is 39.3. The number of benzene rings is 3. The van der Waals surface area contributed by atoms with E-state index in [0.29, 0.717) is 24.5 Å². The molecule has 6 aromatic rings. The van der Waals surface area contributed by atoms with Gasteiger partial charge in [0, 0.05) is 18.0 Å². The summed E-state index contributed by atoms with van der Waals surface area (Å²) in [6, 6.07) is 29.0. The number of ether oxygens (including phenoxy) is 1. The van der Waals surface area contributed by atoms with E-state index in [1.165, 1.54) is 14.2 Å². The van der Waals surface area contributed by atoms with Gasteiger partial charge in [-0.1, -0.05) is 84.9 Å². The van der Waals surface area contributed by atoms with E-state index in [0.717, 1.165) is 75.7 Å². The number of imidazole rings is 2. The summed E-state index contributed by atoms with van der Waals surface area (Å²) in [6.07, 6.45) is 7.34. The van der Waals surface area contributed by atoms with Gasteiger partial charge in [-0.15, -0.1) is 11.3 Å². The van der Waals surface area contributed by atoms with Gasteiger partial charge in [0.1, 0.15) is 17.7 Å². The summed E-state index contributed by atoms with van der Waals surface area (Å²) >= 11 is 1.65. The number of amides is 3. The highest BCUT2D eigenvalue weighted by molar-refractivity contribution is 7.18. The predicted octanol–water partition coefficient (Wildman–Crippen LogP) is 7.97. The molecule has 15 heteroatoms. The molecule has 2 saturated heterocycles. The van der Waals surface area contributed by atoms with Crippen LogP contribution in [0.25, 0.3) is 32.3 Å². The quantitative estimate of drug-likeness (QED) is 0.0457. The van der Waals surface area contributed by atoms with Crippen LogP contribution >= 0.6 is 11.3 Å². The third-order valence-corrected chi connectivity index (χ3v) is 11.9. The zero-order chi connectivity index (χ0) is 40.7. The molecule has 0 aliphatic carbocycles. The van der Waals surface area contributed by atoms with E-state index < -0.39 is 18.2 Å². The number of aromatic nitrogens is 4. The van der Waals surface area contributed by atoms with Crippen molar-refractivity contribution in [1.82, 2.24) is 35.1 Å². The Morgan fingerprint density at radius 3 is 1.97 bits per heavy atom. The number of rotatable bonds is 13. The Bertz CT molecular complexity index is 2400. The molecule has 2 aliphatic heterocycles. The number of methoxy groups -OCH3 is 1. The zero-order valence-electron chi connectivity index (χ0n) is 32.6. The average Bonchev–Trinajstić information content (AvgIpc) is 4.13. The minimum atomic E-state index is -0.879. The van der Waals surface area contributed by atoms with Crippen LogP contribution in [0, 0.1) is 0 Å². The summed E-state index contributed by atoms with van der Waals surface area (Å²) in [5.41, 5.74) is 5.23. The van der Waals surface area contributed by atoms with Crippen molar-refractivity contribution in [2.75, 3.05) is 27.3 Å². The molecule has 302 valence electrons. The van der Waals surface area contributed by atoms with Crippen molar-refractivity contribution in [3.8, 4) is 32.3 Å². The maximum Gasteiger partial charge on any atom is 0.407 e. The van der Waals surface area contributed by atoms with Gasteiger partial charge < -0.3 is 34.7 Å². The molecule has 3 aromatic carbocycles. The average molecular weight is 813 g/mol. The number of alkyl carbamates (subject to hydrolysis) is 1. The topological polar surface area (TPSA) is 167 Å². The van der Waals surface area contributed by atoms with Crippen LogP contribution in [0.3, 0.4) is 0 Å². The Morgan fingerprint density at radius 1 is 0.746 bits per heavy atom. The van der Waals surface area contributed by atoms with Gasteiger partial charge in [0.2, 0.25) is 6.40 Å². The molecule has 0 spiro atoms. The fourth-order valence-corrected chi connectivity index (χ4v) is 8.83. The molecule has 0 unspecified atom stereocenters. The normalized spacial score (nSPS) is 17.6. The highest BCUT2D eigenvalue weighted by Crippen LogP contribution is 2.39. The first-order valence-electron chi connectivity index (χ1n) is 19.5. The number of thiophene rings is 1. The number of aromatic amines is 2. The molecule has 3 amide bonds. The molecule has 0 saturated carbocycles. The second kappa shape index (κ2) is 17.9. The van der Waals surface area contributed by atoms with Gasteiger partial charge in [-0.25, -0.2) is 19.8 Å². The van der Waals surface area contributed by atoms with Gasteiger partial charge in [0.25, 0.3) is 11.8 Å². The third-order valence-electron chi connectivity index (χ3n) is 10.8. The lowest BCUT2D eigenvalue weighted by molar-refractivity contribution is -0.188. The summed E-state index contributed by atoms with van der Waals surface area (Å²) < 4.78 is 4.83. The van der Waals surface area contributed by atoms with Crippen LogP contribution in [0.15, 0.2) is 114 Å². The Labute approximate surface area is 345 Å². The van der Waals surface area contributed by atoms with Crippen molar-refractivity contribution in [1.29, 1.82) is 0 Å². The summed E-state index contributed by atoms with van der Waals surface area (Å²) in [7, 11) is 2.67. The lowest BCUT2D eigenvalue weighted by Gasteiger charge is -2.28. The number of likely N-dealkylation sites (tertiary alicyclic amines) is 2. The van der Waals surface area contributed by atoms with Gasteiger partial charge in [0.15, 0.2) is 6.04 Å². The second-order valence-electron chi connectivity index (χ2n) is 14.3. The highest BCUT2D eigenvalue weighted by atomic mass is 32.1. The van der Waals surface area contributed by atoms with Crippen molar-refractivity contribution >= 4 is 35.6 Å². The maximum absolute atomic E-state index is 13.9. The first-order valence-corrected chi connectivity index (χ1v) is 20.3. The van der Waals surface area contributed by atoms with Crippen molar-refractivity contribution in [3.63, 3.8) is 0 Å². The summed E-state index contributed by atoms with van der Waals surface area (Å²) in [4.78, 5) is 76.2. The molecule has 3 N–H and O–H groups in total. The second-order valence-corrected chi connectivity index (χ2v) is 15.4. The Balaban J connectivity index is 0.938. The van der Waals surface area contributed by atoms with Crippen molar-refractivity contribution < 1.29 is 28.9 Å². The third kappa shape index (κ3) is 8.52. The van der Waals surface area contributed by atoms with Crippen molar-refractivity contribution in [2.45, 2.75) is 49.9 Å². The van der Waals surface area contributed by atoms with Crippen LogP contribution in [0.5, 0.6) is 0 Å². The standard InChI is InChI=1S/C44H44N8O6S/c1-56-44(55)50-39(31-13-7-4-8-14-31)43(54)52-24-10-16-35(52)41-46-26-33(49-41)37-22-21-36(59-37)29-19-17-28(18-20-29)32-25-45-40(48-32)34-15-9-23-51(34)42(53)38(47-27-58-57-2)30-11-5-3-6-12-30/h3-8,11-14,17-22,25-27,34-35,38-39H,9-10,15-16,23-24H2,1-2H3,(H,45,48)(H,46,49)(H,50,55)/t34-,35-,38+,39+/m0/s1. The minimum Gasteiger partial charge on any atom is -0.453 e. The van der Waals surface area contributed by atoms with E-state index in [-0.39, 0.29) is 23.9 Å². The molecule has 0 radical (unpaired) electrons. The fourth-order valence-electron chi connectivity index (χ4n) is 7.85. The Kier molecular flexibility index (Phi) is 11.9. The van der Waals surface area contributed by atoms with Gasteiger partial charge >= 0.3 is 6.09 Å². The minimum absolute atomic E-state index is 0.128. The fraction of sp³-hybridized carbons (Fsp3) is 0.273. The number of carbonyl (C=O) groups is 3. The number of nitrogens with zero attached hydrogens (tertiary/aromatic N) is 5. The molecule has 8 rings (SSSR count). The molecule has 4 atom stereocenters. The van der Waals surface area contributed by atoms with Crippen molar-refractivity contribution in [3.05, 3.63) is 132 Å². The van der Waals surface area contributed by atoms with E-state index in [9.17, 15) is 14.4 Å².